The Morgan fingerprint density at radius 3 is 2.37 bits per heavy atom. The third-order valence-electron chi connectivity index (χ3n) is 7.40. The number of carbonyl (C=O) groups is 2. The summed E-state index contributed by atoms with van der Waals surface area (Å²) in [5.74, 6) is -1.89. The number of rotatable bonds is 9. The van der Waals surface area contributed by atoms with E-state index in [1.54, 1.807) is 30.3 Å². The first-order valence-corrected chi connectivity index (χ1v) is 12.4. The molecule has 0 spiro atoms. The summed E-state index contributed by atoms with van der Waals surface area (Å²) < 4.78 is 49.8. The van der Waals surface area contributed by atoms with Crippen LogP contribution in [-0.4, -0.2) is 30.6 Å². The van der Waals surface area contributed by atoms with Crippen LogP contribution in [0.25, 0.3) is 11.1 Å². The summed E-state index contributed by atoms with van der Waals surface area (Å²) in [6.45, 7) is -3.15. The zero-order chi connectivity index (χ0) is 27.0. The fraction of sp³-hybridized carbons (Fsp3) is 0.321. The van der Waals surface area contributed by atoms with Crippen molar-refractivity contribution in [3.8, 4) is 16.9 Å². The molecule has 3 aliphatic carbocycles. The summed E-state index contributed by atoms with van der Waals surface area (Å²) in [5.41, 5.74) is 1.41. The highest BCUT2D eigenvalue weighted by atomic mass is 35.5. The van der Waals surface area contributed by atoms with E-state index in [1.165, 1.54) is 25.4 Å². The number of hydrogen-bond acceptors (Lipinski definition) is 5. The fourth-order valence-electron chi connectivity index (χ4n) is 5.46. The second-order valence-corrected chi connectivity index (χ2v) is 10.3. The fourth-order valence-corrected chi connectivity index (χ4v) is 5.62. The minimum absolute atomic E-state index is 0.110. The van der Waals surface area contributed by atoms with Crippen LogP contribution >= 0.6 is 11.6 Å². The lowest BCUT2D eigenvalue weighted by Crippen LogP contribution is -2.53. The quantitative estimate of drug-likeness (QED) is 0.298. The van der Waals surface area contributed by atoms with E-state index < -0.39 is 24.3 Å². The van der Waals surface area contributed by atoms with Crippen LogP contribution < -0.4 is 10.1 Å². The summed E-state index contributed by atoms with van der Waals surface area (Å²) >= 11 is 5.89. The predicted octanol–water partition coefficient (Wildman–Crippen LogP) is 6.84. The number of amides is 1. The molecule has 0 saturated heterocycles. The molecule has 3 aromatic rings. The molecule has 6 rings (SSSR count). The highest BCUT2D eigenvalue weighted by Gasteiger charge is 2.57. The number of methoxy groups -OCH3 is 1. The summed E-state index contributed by atoms with van der Waals surface area (Å²) in [5, 5.41) is 2.65. The summed E-state index contributed by atoms with van der Waals surface area (Å²) in [4.78, 5) is 29.6. The van der Waals surface area contributed by atoms with E-state index in [4.69, 9.17) is 16.3 Å². The smallest absolute Gasteiger partial charge is 0.387 e. The van der Waals surface area contributed by atoms with Crippen molar-refractivity contribution in [2.75, 3.05) is 12.4 Å². The molecule has 2 aromatic carbocycles. The van der Waals surface area contributed by atoms with Gasteiger partial charge in [0.05, 0.1) is 34.9 Å². The van der Waals surface area contributed by atoms with Crippen molar-refractivity contribution in [2.24, 2.45) is 11.3 Å². The van der Waals surface area contributed by atoms with Gasteiger partial charge in [0, 0.05) is 17.4 Å². The molecular formula is C28H24ClF3N2O4. The zero-order valence-corrected chi connectivity index (χ0v) is 21.1. The van der Waals surface area contributed by atoms with Gasteiger partial charge in [-0.25, -0.2) is 9.18 Å². The Morgan fingerprint density at radius 2 is 1.82 bits per heavy atom. The Morgan fingerprint density at radius 1 is 1.11 bits per heavy atom. The normalized spacial score (nSPS) is 20.2. The van der Waals surface area contributed by atoms with Crippen LogP contribution in [0.15, 0.2) is 54.7 Å². The largest absolute Gasteiger partial charge is 0.465 e. The first kappa shape index (κ1) is 26.0. The first-order valence-electron chi connectivity index (χ1n) is 12.1. The third kappa shape index (κ3) is 5.07. The summed E-state index contributed by atoms with van der Waals surface area (Å²) in [7, 11) is 1.29. The van der Waals surface area contributed by atoms with Gasteiger partial charge in [0.25, 0.3) is 0 Å². The third-order valence-corrected chi connectivity index (χ3v) is 7.69. The Hall–Kier alpha value is -3.59. The minimum atomic E-state index is -3.15. The van der Waals surface area contributed by atoms with Gasteiger partial charge in [-0.2, -0.15) is 8.78 Å². The maximum Gasteiger partial charge on any atom is 0.387 e. The standard InChI is InChI=1S/C28H24ClF3N2O4/c1-37-26(36)16-2-5-18(6-3-16)34-25(35)19(13-28-10-15(11-28)12-28)21-8-4-17(14-33-21)23-22(38-27(31)32)9-7-20(29)24(23)30/h2-9,14-15,19,27H,10-13H2,1H3,(H,34,35). The SMILES string of the molecule is COC(=O)c1ccc(NC(=O)C(CC23CC(C2)C3)c2ccc(-c3c(OC(F)F)ccc(Cl)c3F)cn2)cc1. The van der Waals surface area contributed by atoms with E-state index in [0.29, 0.717) is 23.4 Å². The van der Waals surface area contributed by atoms with Crippen molar-refractivity contribution in [3.05, 3.63) is 76.8 Å². The van der Waals surface area contributed by atoms with Crippen molar-refractivity contribution in [2.45, 2.75) is 38.2 Å². The van der Waals surface area contributed by atoms with Crippen LogP contribution in [-0.2, 0) is 9.53 Å². The lowest BCUT2D eigenvalue weighted by molar-refractivity contribution is -0.132. The average molecular weight is 545 g/mol. The van der Waals surface area contributed by atoms with E-state index in [1.807, 2.05) is 0 Å². The molecule has 3 saturated carbocycles. The molecule has 3 aliphatic rings. The van der Waals surface area contributed by atoms with Gasteiger partial charge in [0.1, 0.15) is 5.75 Å². The van der Waals surface area contributed by atoms with Crippen LogP contribution in [0, 0.1) is 17.2 Å². The van der Waals surface area contributed by atoms with Crippen molar-refractivity contribution in [3.63, 3.8) is 0 Å². The van der Waals surface area contributed by atoms with Gasteiger partial charge in [-0.05, 0) is 79.5 Å². The molecule has 1 N–H and O–H groups in total. The Balaban J connectivity index is 1.41. The molecule has 0 aliphatic heterocycles. The van der Waals surface area contributed by atoms with Gasteiger partial charge in [-0.3, -0.25) is 9.78 Å². The van der Waals surface area contributed by atoms with E-state index in [2.05, 4.69) is 15.0 Å². The summed E-state index contributed by atoms with van der Waals surface area (Å²) in [6.07, 6.45) is 5.16. The summed E-state index contributed by atoms with van der Waals surface area (Å²) in [6, 6.07) is 11.8. The number of pyridine rings is 1. The topological polar surface area (TPSA) is 77.5 Å². The average Bonchev–Trinajstić information content (AvgIpc) is 2.85. The lowest BCUT2D eigenvalue weighted by atomic mass is 9.42. The van der Waals surface area contributed by atoms with Crippen molar-refractivity contribution >= 4 is 29.2 Å². The van der Waals surface area contributed by atoms with Crippen LogP contribution in [0.2, 0.25) is 5.02 Å². The Bertz CT molecular complexity index is 1350. The number of benzene rings is 2. The molecule has 3 fully saturated rings. The van der Waals surface area contributed by atoms with Gasteiger partial charge >= 0.3 is 12.6 Å². The van der Waals surface area contributed by atoms with Gasteiger partial charge in [-0.1, -0.05) is 17.7 Å². The molecule has 38 heavy (non-hydrogen) atoms. The molecule has 2 bridgehead atoms. The number of halogens is 4. The molecule has 1 heterocycles. The lowest BCUT2D eigenvalue weighted by Gasteiger charge is -2.63. The molecule has 1 atom stereocenters. The molecule has 6 nitrogen and oxygen atoms in total. The monoisotopic (exact) mass is 544 g/mol. The molecule has 198 valence electrons. The van der Waals surface area contributed by atoms with Gasteiger partial charge in [0.2, 0.25) is 5.91 Å². The molecule has 1 unspecified atom stereocenters. The Labute approximate surface area is 222 Å². The minimum Gasteiger partial charge on any atom is -0.465 e. The zero-order valence-electron chi connectivity index (χ0n) is 20.3. The van der Waals surface area contributed by atoms with Crippen molar-refractivity contribution < 1.29 is 32.2 Å². The second-order valence-electron chi connectivity index (χ2n) is 9.88. The van der Waals surface area contributed by atoms with E-state index in [-0.39, 0.29) is 33.2 Å². The van der Waals surface area contributed by atoms with Crippen molar-refractivity contribution in [1.29, 1.82) is 0 Å². The van der Waals surface area contributed by atoms with Crippen LogP contribution in [0.1, 0.15) is 47.7 Å². The van der Waals surface area contributed by atoms with Crippen LogP contribution in [0.5, 0.6) is 5.75 Å². The maximum atomic E-state index is 14.8. The number of anilines is 1. The number of alkyl halides is 2. The second kappa shape index (κ2) is 10.3. The van der Waals surface area contributed by atoms with Crippen LogP contribution in [0.4, 0.5) is 18.9 Å². The molecule has 10 heteroatoms. The molecule has 1 aromatic heterocycles. The number of aromatic nitrogens is 1. The van der Waals surface area contributed by atoms with E-state index >= 15 is 0 Å². The van der Waals surface area contributed by atoms with Crippen LogP contribution in [0.3, 0.4) is 0 Å². The number of ether oxygens (including phenoxy) is 2. The number of hydrogen-bond donors (Lipinski definition) is 1. The molecular weight excluding hydrogens is 521 g/mol. The number of nitrogens with one attached hydrogen (secondary N) is 1. The van der Waals surface area contributed by atoms with Crippen molar-refractivity contribution in [1.82, 2.24) is 4.98 Å². The number of esters is 1. The Kier molecular flexibility index (Phi) is 7.05. The van der Waals surface area contributed by atoms with Gasteiger partial charge < -0.3 is 14.8 Å². The van der Waals surface area contributed by atoms with Gasteiger partial charge in [0.15, 0.2) is 5.82 Å². The highest BCUT2D eigenvalue weighted by Crippen LogP contribution is 2.67. The van der Waals surface area contributed by atoms with Gasteiger partial charge in [-0.15, -0.1) is 0 Å². The first-order chi connectivity index (χ1) is 18.2. The number of carbonyl (C=O) groups excluding carboxylic acids is 2. The highest BCUT2D eigenvalue weighted by molar-refractivity contribution is 6.31. The molecule has 0 radical (unpaired) electrons. The maximum absolute atomic E-state index is 14.8. The molecule has 1 amide bonds. The van der Waals surface area contributed by atoms with E-state index in [9.17, 15) is 22.8 Å². The van der Waals surface area contributed by atoms with E-state index in [0.717, 1.165) is 31.2 Å². The predicted molar refractivity (Wildman–Crippen MR) is 135 cm³/mol. The number of nitrogens with zero attached hydrogens (tertiary/aromatic N) is 1.